The molecule has 0 unspecified atom stereocenters. The number of nitrogens with zero attached hydrogens (tertiary/aromatic N) is 5. The van der Waals surface area contributed by atoms with Gasteiger partial charge in [0.2, 0.25) is 5.16 Å². The molecule has 0 aliphatic rings. The third kappa shape index (κ3) is 6.51. The van der Waals surface area contributed by atoms with E-state index in [2.05, 4.69) is 31.9 Å². The molecule has 2 rings (SSSR count). The highest BCUT2D eigenvalue weighted by Crippen LogP contribution is 2.12. The molecule has 0 spiro atoms. The first-order chi connectivity index (χ1) is 8.86. The van der Waals surface area contributed by atoms with E-state index < -0.39 is 0 Å². The molecule has 2 heterocycles. The van der Waals surface area contributed by atoms with E-state index in [9.17, 15) is 0 Å². The normalized spacial score (nSPS) is 9.65. The Bertz CT molecular complexity index is 467. The number of tetrazole rings is 1. The maximum Gasteiger partial charge on any atom is 0.209 e. The van der Waals surface area contributed by atoms with Crippen LogP contribution < -0.4 is 30.1 Å². The highest BCUT2D eigenvalue weighted by atomic mass is 35.5. The standard InChI is InChI=1S/C11H16N6S.2ClH/c1-17-11(14-15-16-17)18-7-3-6-13-9-10-4-2-5-12-8-10;;/h2,4-5,8,13H,3,6-7,9H2,1H3;2*1H/p-2. The SMILES string of the molecule is Cn1nnnc1SCCCNCc1cccnc1.[Cl-].[Cl-]. The van der Waals surface area contributed by atoms with Gasteiger partial charge >= 0.3 is 0 Å². The van der Waals surface area contributed by atoms with Gasteiger partial charge in [0.25, 0.3) is 0 Å². The fourth-order valence-corrected chi connectivity index (χ4v) is 2.23. The monoisotopic (exact) mass is 334 g/mol. The Hall–Kier alpha value is -0.890. The molecule has 0 saturated heterocycles. The summed E-state index contributed by atoms with van der Waals surface area (Å²) >= 11 is 1.67. The van der Waals surface area contributed by atoms with Crippen molar-refractivity contribution in [3.05, 3.63) is 30.1 Å². The first-order valence-electron chi connectivity index (χ1n) is 5.81. The van der Waals surface area contributed by atoms with E-state index in [-0.39, 0.29) is 24.8 Å². The molecule has 20 heavy (non-hydrogen) atoms. The summed E-state index contributed by atoms with van der Waals surface area (Å²) in [6, 6.07) is 4.02. The molecule has 6 nitrogen and oxygen atoms in total. The number of thioether (sulfide) groups is 1. The van der Waals surface area contributed by atoms with Crippen molar-refractivity contribution in [1.82, 2.24) is 30.5 Å². The molecule has 2 aromatic rings. The van der Waals surface area contributed by atoms with Gasteiger partial charge in [-0.2, -0.15) is 0 Å². The van der Waals surface area contributed by atoms with Gasteiger partial charge in [-0.25, -0.2) is 4.68 Å². The second kappa shape index (κ2) is 10.8. The lowest BCUT2D eigenvalue weighted by molar-refractivity contribution is -0.001000. The van der Waals surface area contributed by atoms with E-state index in [4.69, 9.17) is 0 Å². The Labute approximate surface area is 134 Å². The molecule has 1 N–H and O–H groups in total. The number of pyridine rings is 1. The molecule has 0 aliphatic heterocycles. The van der Waals surface area contributed by atoms with Crippen LogP contribution in [0.3, 0.4) is 0 Å². The van der Waals surface area contributed by atoms with Gasteiger partial charge in [0.05, 0.1) is 0 Å². The molecule has 0 atom stereocenters. The van der Waals surface area contributed by atoms with Crippen molar-refractivity contribution in [1.29, 1.82) is 0 Å². The third-order valence-electron chi connectivity index (χ3n) is 2.36. The fourth-order valence-electron chi connectivity index (χ4n) is 1.44. The molecule has 112 valence electrons. The molecule has 0 aliphatic carbocycles. The van der Waals surface area contributed by atoms with Gasteiger partial charge in [0.15, 0.2) is 0 Å². The Morgan fingerprint density at radius 1 is 1.35 bits per heavy atom. The molecule has 0 fully saturated rings. The number of hydrogen-bond acceptors (Lipinski definition) is 6. The Morgan fingerprint density at radius 2 is 2.20 bits per heavy atom. The van der Waals surface area contributed by atoms with E-state index >= 15 is 0 Å². The predicted molar refractivity (Wildman–Crippen MR) is 70.1 cm³/mol. The molecule has 2 aromatic heterocycles. The first kappa shape index (κ1) is 19.1. The average Bonchev–Trinajstić information content (AvgIpc) is 2.81. The molecule has 0 aromatic carbocycles. The fraction of sp³-hybridized carbons (Fsp3) is 0.455. The minimum atomic E-state index is 0. The zero-order valence-electron chi connectivity index (χ0n) is 11.0. The summed E-state index contributed by atoms with van der Waals surface area (Å²) in [6.45, 7) is 1.84. The topological polar surface area (TPSA) is 68.5 Å². The van der Waals surface area contributed by atoms with Crippen LogP contribution in [0.15, 0.2) is 29.7 Å². The molecule has 0 saturated carbocycles. The van der Waals surface area contributed by atoms with E-state index in [1.807, 2.05) is 19.3 Å². The van der Waals surface area contributed by atoms with Gasteiger partial charge in [-0.15, -0.1) is 5.10 Å². The van der Waals surface area contributed by atoms with Crippen molar-refractivity contribution in [2.75, 3.05) is 12.3 Å². The highest BCUT2D eigenvalue weighted by Gasteiger charge is 2.01. The second-order valence-corrected chi connectivity index (χ2v) is 4.89. The van der Waals surface area contributed by atoms with Gasteiger partial charge in [-0.3, -0.25) is 4.98 Å². The van der Waals surface area contributed by atoms with Crippen molar-refractivity contribution in [3.63, 3.8) is 0 Å². The molecule has 0 amide bonds. The largest absolute Gasteiger partial charge is 1.00 e. The number of nitrogens with one attached hydrogen (secondary N) is 1. The van der Waals surface area contributed by atoms with Crippen LogP contribution in [0.5, 0.6) is 0 Å². The summed E-state index contributed by atoms with van der Waals surface area (Å²) in [5, 5.41) is 15.5. The molecule has 9 heteroatoms. The Morgan fingerprint density at radius 3 is 2.85 bits per heavy atom. The van der Waals surface area contributed by atoms with Gasteiger partial charge in [0, 0.05) is 31.7 Å². The van der Waals surface area contributed by atoms with Crippen LogP contribution in [0.25, 0.3) is 0 Å². The number of halogens is 2. The summed E-state index contributed by atoms with van der Waals surface area (Å²) < 4.78 is 1.69. The van der Waals surface area contributed by atoms with Crippen LogP contribution in [0.1, 0.15) is 12.0 Å². The number of hydrogen-bond donors (Lipinski definition) is 1. The van der Waals surface area contributed by atoms with Crippen molar-refractivity contribution in [2.24, 2.45) is 7.05 Å². The van der Waals surface area contributed by atoms with E-state index in [1.165, 1.54) is 5.56 Å². The van der Waals surface area contributed by atoms with Crippen LogP contribution in [-0.4, -0.2) is 37.5 Å². The highest BCUT2D eigenvalue weighted by molar-refractivity contribution is 7.99. The maximum absolute atomic E-state index is 4.07. The Balaban J connectivity index is 0.00000180. The quantitative estimate of drug-likeness (QED) is 0.403. The second-order valence-electron chi connectivity index (χ2n) is 3.83. The summed E-state index contributed by atoms with van der Waals surface area (Å²) in [5.74, 6) is 1.01. The van der Waals surface area contributed by atoms with Gasteiger partial charge in [-0.05, 0) is 35.0 Å². The third-order valence-corrected chi connectivity index (χ3v) is 3.46. The lowest BCUT2D eigenvalue weighted by Gasteiger charge is -2.03. The first-order valence-corrected chi connectivity index (χ1v) is 6.79. The number of aryl methyl sites for hydroxylation is 1. The summed E-state index contributed by atoms with van der Waals surface area (Å²) in [6.07, 6.45) is 4.75. The van der Waals surface area contributed by atoms with Crippen molar-refractivity contribution in [3.8, 4) is 0 Å². The van der Waals surface area contributed by atoms with Crippen LogP contribution in [0.2, 0.25) is 0 Å². The van der Waals surface area contributed by atoms with Crippen LogP contribution >= 0.6 is 11.8 Å². The summed E-state index contributed by atoms with van der Waals surface area (Å²) in [7, 11) is 1.85. The van der Waals surface area contributed by atoms with E-state index in [0.29, 0.717) is 0 Å². The Kier molecular flexibility index (Phi) is 10.4. The smallest absolute Gasteiger partial charge is 0.209 e. The number of aromatic nitrogens is 5. The average molecular weight is 335 g/mol. The van der Waals surface area contributed by atoms with E-state index in [1.54, 1.807) is 22.6 Å². The van der Waals surface area contributed by atoms with Gasteiger partial charge in [0.1, 0.15) is 0 Å². The molecular weight excluding hydrogens is 319 g/mol. The summed E-state index contributed by atoms with van der Waals surface area (Å²) in [5.41, 5.74) is 1.21. The number of rotatable bonds is 7. The van der Waals surface area contributed by atoms with E-state index in [0.717, 1.165) is 30.4 Å². The molecule has 0 bridgehead atoms. The maximum atomic E-state index is 4.07. The van der Waals surface area contributed by atoms with Gasteiger partial charge in [-0.1, -0.05) is 17.8 Å². The van der Waals surface area contributed by atoms with Crippen molar-refractivity contribution < 1.29 is 24.8 Å². The minimum absolute atomic E-state index is 0. The van der Waals surface area contributed by atoms with Crippen LogP contribution in [-0.2, 0) is 13.6 Å². The molecular formula is C11H16Cl2N6S-2. The minimum Gasteiger partial charge on any atom is -1.00 e. The summed E-state index contributed by atoms with van der Waals surface area (Å²) in [4.78, 5) is 4.07. The predicted octanol–water partition coefficient (Wildman–Crippen LogP) is -5.11. The van der Waals surface area contributed by atoms with Crippen molar-refractivity contribution in [2.45, 2.75) is 18.1 Å². The lowest BCUT2D eigenvalue weighted by atomic mass is 10.3. The molecule has 0 radical (unpaired) electrons. The van der Waals surface area contributed by atoms with Gasteiger partial charge < -0.3 is 30.1 Å². The lowest BCUT2D eigenvalue weighted by Crippen LogP contribution is -3.00. The van der Waals surface area contributed by atoms with Crippen molar-refractivity contribution >= 4 is 11.8 Å². The van der Waals surface area contributed by atoms with Crippen LogP contribution in [0, 0.1) is 0 Å². The van der Waals surface area contributed by atoms with Crippen LogP contribution in [0.4, 0.5) is 0 Å². The zero-order chi connectivity index (χ0) is 12.6. The zero-order valence-corrected chi connectivity index (χ0v) is 13.4.